The summed E-state index contributed by atoms with van der Waals surface area (Å²) in [7, 11) is -2.11. The number of anilines is 1. The number of hydrogen-bond acceptors (Lipinski definition) is 4. The minimum atomic E-state index is -3.55. The largest absolute Gasteiger partial charge is 0.375 e. The van der Waals surface area contributed by atoms with Gasteiger partial charge in [-0.2, -0.15) is 4.31 Å². The molecule has 0 aliphatic carbocycles. The van der Waals surface area contributed by atoms with Crippen LogP contribution in [0.15, 0.2) is 29.2 Å². The van der Waals surface area contributed by atoms with Gasteiger partial charge < -0.3 is 10.1 Å². The second-order valence-corrected chi connectivity index (χ2v) is 8.55. The number of nitrogens with zero attached hydrogens (tertiary/aromatic N) is 1. The van der Waals surface area contributed by atoms with Crippen LogP contribution in [0.5, 0.6) is 0 Å². The number of hydrogen-bond donors (Lipinski definition) is 1. The maximum atomic E-state index is 12.9. The van der Waals surface area contributed by atoms with Crippen molar-refractivity contribution >= 4 is 21.6 Å². The van der Waals surface area contributed by atoms with E-state index >= 15 is 0 Å². The Morgan fingerprint density at radius 2 is 1.58 bits per heavy atom. The van der Waals surface area contributed by atoms with E-state index in [1.807, 2.05) is 27.7 Å². The molecular weight excluding hydrogens is 328 g/mol. The maximum Gasteiger partial charge on any atom is 0.250 e. The molecule has 0 bridgehead atoms. The fourth-order valence-electron chi connectivity index (χ4n) is 2.27. The highest BCUT2D eigenvalue weighted by Gasteiger charge is 2.25. The summed E-state index contributed by atoms with van der Waals surface area (Å²) in [5, 5.41) is 2.64. The lowest BCUT2D eigenvalue weighted by atomic mass is 10.2. The SMILES string of the molecule is COCC(=O)Nc1ccc(S(=O)(=O)N(CC(C)C)CC(C)C)cc1. The molecule has 0 saturated heterocycles. The summed E-state index contributed by atoms with van der Waals surface area (Å²) in [6.07, 6.45) is 0. The van der Waals surface area contributed by atoms with E-state index in [1.54, 1.807) is 12.1 Å². The number of amides is 1. The summed E-state index contributed by atoms with van der Waals surface area (Å²) in [4.78, 5) is 11.7. The van der Waals surface area contributed by atoms with Crippen LogP contribution in [0, 0.1) is 11.8 Å². The average Bonchev–Trinajstić information content (AvgIpc) is 2.46. The molecule has 0 unspecified atom stereocenters. The van der Waals surface area contributed by atoms with Crippen molar-refractivity contribution in [1.29, 1.82) is 0 Å². The molecule has 0 saturated carbocycles. The summed E-state index contributed by atoms with van der Waals surface area (Å²) in [6, 6.07) is 6.21. The van der Waals surface area contributed by atoms with Crippen LogP contribution in [0.25, 0.3) is 0 Å². The topological polar surface area (TPSA) is 75.7 Å². The zero-order valence-corrected chi connectivity index (χ0v) is 15.9. The fraction of sp³-hybridized carbons (Fsp3) is 0.588. The second-order valence-electron chi connectivity index (χ2n) is 6.62. The third-order valence-corrected chi connectivity index (χ3v) is 5.03. The standard InChI is InChI=1S/C17H28N2O4S/c1-13(2)10-19(11-14(3)4)24(21,22)16-8-6-15(7-9-16)18-17(20)12-23-5/h6-9,13-14H,10-12H2,1-5H3,(H,18,20). The summed E-state index contributed by atoms with van der Waals surface area (Å²) in [6.45, 7) is 8.90. The van der Waals surface area contributed by atoms with Crippen molar-refractivity contribution in [1.82, 2.24) is 4.31 Å². The number of nitrogens with one attached hydrogen (secondary N) is 1. The van der Waals surface area contributed by atoms with Crippen molar-refractivity contribution in [2.24, 2.45) is 11.8 Å². The van der Waals surface area contributed by atoms with E-state index in [0.717, 1.165) is 0 Å². The Labute approximate surface area is 145 Å². The number of benzene rings is 1. The van der Waals surface area contributed by atoms with Gasteiger partial charge in [0, 0.05) is 25.9 Å². The Kier molecular flexibility index (Phi) is 7.86. The minimum Gasteiger partial charge on any atom is -0.375 e. The van der Waals surface area contributed by atoms with E-state index in [1.165, 1.54) is 23.5 Å². The van der Waals surface area contributed by atoms with Crippen molar-refractivity contribution in [2.45, 2.75) is 32.6 Å². The highest BCUT2D eigenvalue weighted by molar-refractivity contribution is 7.89. The number of ether oxygens (including phenoxy) is 1. The molecule has 0 aliphatic heterocycles. The van der Waals surface area contributed by atoms with Gasteiger partial charge in [0.15, 0.2) is 0 Å². The smallest absolute Gasteiger partial charge is 0.250 e. The van der Waals surface area contributed by atoms with Gasteiger partial charge in [-0.1, -0.05) is 27.7 Å². The van der Waals surface area contributed by atoms with Gasteiger partial charge in [0.2, 0.25) is 15.9 Å². The van der Waals surface area contributed by atoms with Gasteiger partial charge >= 0.3 is 0 Å². The lowest BCUT2D eigenvalue weighted by molar-refractivity contribution is -0.119. The highest BCUT2D eigenvalue weighted by atomic mass is 32.2. The Hall–Kier alpha value is -1.44. The van der Waals surface area contributed by atoms with Crippen LogP contribution < -0.4 is 5.32 Å². The molecule has 1 N–H and O–H groups in total. The molecule has 0 aromatic heterocycles. The molecule has 136 valence electrons. The van der Waals surface area contributed by atoms with Gasteiger partial charge in [0.25, 0.3) is 0 Å². The van der Waals surface area contributed by atoms with Gasteiger partial charge in [-0.15, -0.1) is 0 Å². The van der Waals surface area contributed by atoms with Crippen molar-refractivity contribution in [3.05, 3.63) is 24.3 Å². The zero-order valence-electron chi connectivity index (χ0n) is 15.1. The van der Waals surface area contributed by atoms with E-state index in [9.17, 15) is 13.2 Å². The lowest BCUT2D eigenvalue weighted by Gasteiger charge is -2.25. The number of sulfonamides is 1. The van der Waals surface area contributed by atoms with Gasteiger partial charge in [-0.3, -0.25) is 4.79 Å². The molecule has 1 aromatic carbocycles. The Balaban J connectivity index is 2.97. The van der Waals surface area contributed by atoms with Crippen LogP contribution in [-0.2, 0) is 19.6 Å². The predicted octanol–water partition coefficient (Wildman–Crippen LogP) is 2.57. The van der Waals surface area contributed by atoms with Crippen molar-refractivity contribution in [3.8, 4) is 0 Å². The molecule has 0 heterocycles. The van der Waals surface area contributed by atoms with Crippen LogP contribution in [0.4, 0.5) is 5.69 Å². The van der Waals surface area contributed by atoms with Crippen molar-refractivity contribution in [2.75, 3.05) is 32.1 Å². The van der Waals surface area contributed by atoms with E-state index in [2.05, 4.69) is 5.32 Å². The van der Waals surface area contributed by atoms with Gasteiger partial charge in [0.1, 0.15) is 6.61 Å². The summed E-state index contributed by atoms with van der Waals surface area (Å²) in [5.74, 6) is 0.201. The summed E-state index contributed by atoms with van der Waals surface area (Å²) >= 11 is 0. The van der Waals surface area contributed by atoms with E-state index < -0.39 is 10.0 Å². The monoisotopic (exact) mass is 356 g/mol. The van der Waals surface area contributed by atoms with Crippen LogP contribution >= 0.6 is 0 Å². The van der Waals surface area contributed by atoms with Gasteiger partial charge in [-0.25, -0.2) is 8.42 Å². The maximum absolute atomic E-state index is 12.9. The molecule has 0 radical (unpaired) electrons. The Bertz CT molecular complexity index is 614. The average molecular weight is 356 g/mol. The molecule has 1 amide bonds. The molecule has 1 rings (SSSR count). The molecule has 1 aromatic rings. The molecule has 0 aliphatic rings. The first-order valence-electron chi connectivity index (χ1n) is 8.05. The first-order chi connectivity index (χ1) is 11.2. The molecule has 7 heteroatoms. The van der Waals surface area contributed by atoms with Crippen LogP contribution in [0.1, 0.15) is 27.7 Å². The molecular formula is C17H28N2O4S. The third kappa shape index (κ3) is 6.22. The van der Waals surface area contributed by atoms with Gasteiger partial charge in [0.05, 0.1) is 4.90 Å². The zero-order chi connectivity index (χ0) is 18.3. The lowest BCUT2D eigenvalue weighted by Crippen LogP contribution is -2.37. The molecule has 0 spiro atoms. The van der Waals surface area contributed by atoms with Crippen molar-refractivity contribution in [3.63, 3.8) is 0 Å². The Morgan fingerprint density at radius 1 is 1.08 bits per heavy atom. The summed E-state index contributed by atoms with van der Waals surface area (Å²) in [5.41, 5.74) is 0.537. The number of methoxy groups -OCH3 is 1. The Morgan fingerprint density at radius 3 is 2.00 bits per heavy atom. The van der Waals surface area contributed by atoms with Crippen molar-refractivity contribution < 1.29 is 17.9 Å². The number of carbonyl (C=O) groups excluding carboxylic acids is 1. The number of carbonyl (C=O) groups is 1. The molecule has 0 atom stereocenters. The first kappa shape index (κ1) is 20.6. The molecule has 6 nitrogen and oxygen atoms in total. The van der Waals surface area contributed by atoms with E-state index in [-0.39, 0.29) is 29.2 Å². The summed E-state index contributed by atoms with van der Waals surface area (Å²) < 4.78 is 32.0. The molecule has 0 fully saturated rings. The fourth-order valence-corrected chi connectivity index (χ4v) is 4.04. The number of rotatable bonds is 9. The van der Waals surface area contributed by atoms with Crippen LogP contribution in [0.2, 0.25) is 0 Å². The predicted molar refractivity (Wildman–Crippen MR) is 95.4 cm³/mol. The molecule has 24 heavy (non-hydrogen) atoms. The van der Waals surface area contributed by atoms with Gasteiger partial charge in [-0.05, 0) is 36.1 Å². The van der Waals surface area contributed by atoms with Crippen LogP contribution in [-0.4, -0.2) is 45.4 Å². The van der Waals surface area contributed by atoms with Crippen LogP contribution in [0.3, 0.4) is 0 Å². The minimum absolute atomic E-state index is 0.0450. The highest BCUT2D eigenvalue weighted by Crippen LogP contribution is 2.20. The normalized spacial score (nSPS) is 12.2. The third-order valence-electron chi connectivity index (χ3n) is 3.19. The van der Waals surface area contributed by atoms with E-state index in [4.69, 9.17) is 4.74 Å². The quantitative estimate of drug-likeness (QED) is 0.738. The first-order valence-corrected chi connectivity index (χ1v) is 9.49. The van der Waals surface area contributed by atoms with E-state index in [0.29, 0.717) is 18.8 Å². The second kappa shape index (κ2) is 9.15.